The van der Waals surface area contributed by atoms with Crippen molar-refractivity contribution in [3.8, 4) is 0 Å². The number of aromatic nitrogens is 3. The minimum atomic E-state index is -0.382. The van der Waals surface area contributed by atoms with E-state index in [-0.39, 0.29) is 90.2 Å². The van der Waals surface area contributed by atoms with E-state index in [0.29, 0.717) is 24.3 Å². The van der Waals surface area contributed by atoms with Gasteiger partial charge >= 0.3 is 17.9 Å². The number of aromatic amines is 3. The van der Waals surface area contributed by atoms with Crippen LogP contribution in [-0.4, -0.2) is 129 Å². The molecule has 0 spiro atoms. The Balaban J connectivity index is 0.000000117. The van der Waals surface area contributed by atoms with E-state index in [1.807, 2.05) is 24.7 Å². The van der Waals surface area contributed by atoms with Gasteiger partial charge in [0.25, 0.3) is 0 Å². The van der Waals surface area contributed by atoms with Crippen molar-refractivity contribution in [2.45, 2.75) is 76.7 Å². The number of aliphatic hydroxyl groups is 3. The van der Waals surface area contributed by atoms with Gasteiger partial charge in [-0.05, 0) is 109 Å². The average Bonchev–Trinajstić information content (AvgIpc) is 4.52. The van der Waals surface area contributed by atoms with Crippen LogP contribution in [0.5, 0.6) is 0 Å². The van der Waals surface area contributed by atoms with E-state index in [2.05, 4.69) is 123 Å². The van der Waals surface area contributed by atoms with Crippen molar-refractivity contribution in [3.63, 3.8) is 0 Å². The molecule has 6 aromatic rings. The van der Waals surface area contributed by atoms with E-state index in [1.165, 1.54) is 71.1 Å². The van der Waals surface area contributed by atoms with Gasteiger partial charge in [0.1, 0.15) is 0 Å². The fourth-order valence-electron chi connectivity index (χ4n) is 15.3. The highest BCUT2D eigenvalue weighted by atomic mass is 16.5. The lowest BCUT2D eigenvalue weighted by atomic mass is 9.74. The molecule has 0 bridgehead atoms. The van der Waals surface area contributed by atoms with Gasteiger partial charge in [0.05, 0.1) is 68.9 Å². The number of fused-ring (bicyclic) bond motifs is 16. The smallest absolute Gasteiger partial charge is 0.335 e. The first kappa shape index (κ1) is 51.7. The third-order valence-electron chi connectivity index (χ3n) is 19.3. The zero-order valence-electron chi connectivity index (χ0n) is 45.2. The fraction of sp³-hybridized carbons (Fsp3) is 0.444. The van der Waals surface area contributed by atoms with Crippen molar-refractivity contribution in [1.29, 1.82) is 0 Å². The molecule has 8 aliphatic rings. The topological polar surface area (TPSA) is 197 Å². The van der Waals surface area contributed by atoms with Crippen LogP contribution in [0.4, 0.5) is 0 Å². The molecule has 3 aliphatic carbocycles. The Hall–Kier alpha value is -7.07. The van der Waals surface area contributed by atoms with Gasteiger partial charge in [-0.3, -0.25) is 0 Å². The Morgan fingerprint density at radius 1 is 0.641 bits per heavy atom. The van der Waals surface area contributed by atoms with Crippen LogP contribution in [0.1, 0.15) is 73.3 Å². The van der Waals surface area contributed by atoms with Crippen LogP contribution in [-0.2, 0) is 47.9 Å². The van der Waals surface area contributed by atoms with Crippen LogP contribution in [0.25, 0.3) is 32.7 Å². The Bertz CT molecular complexity index is 3420. The number of H-pyrrole nitrogens is 3. The summed E-state index contributed by atoms with van der Waals surface area (Å²) < 4.78 is 15.1. The number of nitrogens with zero attached hydrogens (tertiary/aromatic N) is 3. The van der Waals surface area contributed by atoms with Crippen LogP contribution < -0.4 is 0 Å². The summed E-state index contributed by atoms with van der Waals surface area (Å²) in [7, 11) is 4.30. The van der Waals surface area contributed by atoms with Gasteiger partial charge in [-0.1, -0.05) is 74.5 Å². The van der Waals surface area contributed by atoms with Gasteiger partial charge in [-0.25, -0.2) is 14.4 Å². The number of aliphatic hydroxyl groups excluding tert-OH is 3. The molecule has 0 amide bonds. The number of ether oxygens (including phenoxy) is 3. The molecule has 2 fully saturated rings. The van der Waals surface area contributed by atoms with E-state index in [9.17, 15) is 29.7 Å². The van der Waals surface area contributed by atoms with Crippen molar-refractivity contribution in [3.05, 3.63) is 154 Å². The second-order valence-corrected chi connectivity index (χ2v) is 22.9. The summed E-state index contributed by atoms with van der Waals surface area (Å²) in [6.07, 6.45) is 14.3. The first-order chi connectivity index (χ1) is 37.9. The van der Waals surface area contributed by atoms with Gasteiger partial charge in [-0.2, -0.15) is 0 Å². The van der Waals surface area contributed by atoms with E-state index in [0.717, 1.165) is 79.6 Å². The number of hydrogen-bond donors (Lipinski definition) is 6. The molecule has 3 aromatic heterocycles. The van der Waals surface area contributed by atoms with E-state index in [4.69, 9.17) is 14.2 Å². The maximum absolute atomic E-state index is 12.4. The second kappa shape index (κ2) is 21.0. The Labute approximate surface area is 454 Å². The number of esters is 3. The SMILES string of the molecule is COC(=O)C1=CN(CCc2c[nH]c3ccccc23)C[C@@H]2[C@@H](C)[C@@H](O)C[C@H]12.COC(=O)C1=CN2CCc3c([nH]c4ccccc34)[C@@H]2[C@@H]2[C@@H](C)[C@@H](O)C[C@H]12.COC(=O)C1=CN2CCc3c([nH]c4ccccc34)[C@H]2[C@@H]2C(CO)=CC[C@H]12. The first-order valence-corrected chi connectivity index (χ1v) is 28.0. The number of carbonyl (C=O) groups is 3. The predicted octanol–water partition coefficient (Wildman–Crippen LogP) is 8.18. The molecule has 78 heavy (non-hydrogen) atoms. The van der Waals surface area contributed by atoms with Crippen LogP contribution in [0.15, 0.2) is 126 Å². The lowest BCUT2D eigenvalue weighted by Gasteiger charge is -2.46. The molecule has 14 rings (SSSR count). The van der Waals surface area contributed by atoms with Crippen molar-refractivity contribution in [1.82, 2.24) is 29.7 Å². The summed E-state index contributed by atoms with van der Waals surface area (Å²) in [5, 5.41) is 34.6. The lowest BCUT2D eigenvalue weighted by Crippen LogP contribution is -2.44. The molecule has 2 saturated carbocycles. The molecule has 5 aliphatic heterocycles. The van der Waals surface area contributed by atoms with E-state index in [1.54, 1.807) is 0 Å². The first-order valence-electron chi connectivity index (χ1n) is 28.0. The van der Waals surface area contributed by atoms with Crippen molar-refractivity contribution in [2.24, 2.45) is 47.3 Å². The third kappa shape index (κ3) is 8.73. The molecule has 15 nitrogen and oxygen atoms in total. The summed E-state index contributed by atoms with van der Waals surface area (Å²) in [6.45, 7) is 7.71. The molecule has 408 valence electrons. The van der Waals surface area contributed by atoms with Crippen LogP contribution in [0.2, 0.25) is 0 Å². The Kier molecular flexibility index (Phi) is 13.9. The van der Waals surface area contributed by atoms with Crippen LogP contribution in [0, 0.1) is 47.3 Å². The Morgan fingerprint density at radius 3 is 1.78 bits per heavy atom. The van der Waals surface area contributed by atoms with Crippen molar-refractivity contribution in [2.75, 3.05) is 54.1 Å². The van der Waals surface area contributed by atoms with Gasteiger partial charge in [0.2, 0.25) is 0 Å². The number of rotatable bonds is 7. The predicted molar refractivity (Wildman–Crippen MR) is 297 cm³/mol. The number of methoxy groups -OCH3 is 3. The average molecular weight is 1060 g/mol. The van der Waals surface area contributed by atoms with Gasteiger partial charge in [0.15, 0.2) is 0 Å². The molecule has 0 radical (unpaired) electrons. The van der Waals surface area contributed by atoms with Gasteiger partial charge < -0.3 is 59.2 Å². The molecular weight excluding hydrogens is 985 g/mol. The molecule has 8 heterocycles. The minimum Gasteiger partial charge on any atom is -0.466 e. The fourth-order valence-corrected chi connectivity index (χ4v) is 15.3. The highest BCUT2D eigenvalue weighted by Crippen LogP contribution is 2.56. The summed E-state index contributed by atoms with van der Waals surface area (Å²) >= 11 is 0. The molecule has 6 N–H and O–H groups in total. The highest BCUT2D eigenvalue weighted by Gasteiger charge is 2.54. The number of carbonyl (C=O) groups excluding carboxylic acids is 3. The number of benzene rings is 3. The zero-order valence-corrected chi connectivity index (χ0v) is 45.2. The molecule has 0 unspecified atom stereocenters. The number of allylic oxidation sites excluding steroid dienone is 1. The maximum atomic E-state index is 12.4. The zero-order chi connectivity index (χ0) is 54.1. The quantitative estimate of drug-likeness (QED) is 0.0511. The number of hydrogen-bond acceptors (Lipinski definition) is 12. The van der Waals surface area contributed by atoms with Gasteiger partial charge in [-0.15, -0.1) is 0 Å². The summed E-state index contributed by atoms with van der Waals surface area (Å²) in [6, 6.07) is 25.5. The normalized spacial score (nSPS) is 29.2. The second-order valence-electron chi connectivity index (χ2n) is 22.9. The molecule has 15 heteroatoms. The lowest BCUT2D eigenvalue weighted by molar-refractivity contribution is -0.138. The van der Waals surface area contributed by atoms with Gasteiger partial charge in [0, 0.05) is 113 Å². The minimum absolute atomic E-state index is 0.0372. The summed E-state index contributed by atoms with van der Waals surface area (Å²) in [5.74, 6) is 0.386. The van der Waals surface area contributed by atoms with Crippen LogP contribution >= 0.6 is 0 Å². The molecular formula is C63H72N6O9. The van der Waals surface area contributed by atoms with E-state index >= 15 is 0 Å². The monoisotopic (exact) mass is 1060 g/mol. The molecule has 3 aromatic carbocycles. The molecule has 0 saturated heterocycles. The summed E-state index contributed by atoms with van der Waals surface area (Å²) in [4.78, 5) is 54.4. The highest BCUT2D eigenvalue weighted by molar-refractivity contribution is 5.91. The Morgan fingerprint density at radius 2 is 1.17 bits per heavy atom. The maximum Gasteiger partial charge on any atom is 0.335 e. The standard InChI is InChI=1S/C21H24N2O3.C21H22N2O3.C21H26N2O3/c1-11-17(24)9-14-15(21(25)26-2)10-23-8-7-13-12-5-3-4-6-16(12)22-19(13)20(23)18(11)14;1-26-21(25)16-10-23-9-8-15-13-4-2-3-5-17(13)22-19(15)20(23)18-12(11-24)6-7-14(16)18;1-13-17-11-23(12-18(21(25)26-2)16(17)9-20(13)24)8-7-14-10-22-19-6-4-3-5-15(14)19/h3-6,10-11,14,17-18,20,22,24H,7-9H2,1-2H3;2-6,10,14,18,20,22,24H,7-9,11H2,1H3;3-6,10,12-13,16-17,20,22,24H,7-9,11H2,1-2H3/t11-,14+,17-,18+,20-;14-,18-,20-;13-,16+,17-,20+/m011/s1. The molecule has 12 atom stereocenters. The number of nitrogens with one attached hydrogen (secondary N) is 3. The van der Waals surface area contributed by atoms with E-state index < -0.39 is 0 Å². The van der Waals surface area contributed by atoms with Crippen LogP contribution in [0.3, 0.4) is 0 Å². The largest absolute Gasteiger partial charge is 0.466 e. The number of para-hydroxylation sites is 3. The summed E-state index contributed by atoms with van der Waals surface area (Å²) in [5.41, 5.74) is 13.2. The third-order valence-corrected chi connectivity index (χ3v) is 19.3. The van der Waals surface area contributed by atoms with Crippen molar-refractivity contribution < 1.29 is 43.9 Å². The van der Waals surface area contributed by atoms with Crippen molar-refractivity contribution >= 4 is 50.6 Å².